The van der Waals surface area contributed by atoms with Crippen molar-refractivity contribution in [3.8, 4) is 0 Å². The molecule has 0 aliphatic heterocycles. The van der Waals surface area contributed by atoms with Crippen molar-refractivity contribution < 1.29 is 4.79 Å². The third-order valence-electron chi connectivity index (χ3n) is 2.94. The number of aryl methyl sites for hydroxylation is 1. The van der Waals surface area contributed by atoms with Crippen LogP contribution in [-0.2, 0) is 0 Å². The lowest BCUT2D eigenvalue weighted by Crippen LogP contribution is -2.41. The first-order valence-electron chi connectivity index (χ1n) is 5.59. The molecule has 0 atom stereocenters. The number of carbonyl (C=O) groups is 1. The Balaban J connectivity index is 2.02. The summed E-state index contributed by atoms with van der Waals surface area (Å²) in [6.45, 7) is 1.87. The highest BCUT2D eigenvalue weighted by atomic mass is 35.5. The second kappa shape index (κ2) is 5.15. The Morgan fingerprint density at radius 3 is 2.59 bits per heavy atom. The summed E-state index contributed by atoms with van der Waals surface area (Å²) in [5, 5.41) is 6.67. The molecule has 1 aromatic rings. The third kappa shape index (κ3) is 3.05. The maximum atomic E-state index is 11.6. The topological polar surface area (TPSA) is 41.1 Å². The molecule has 92 valence electrons. The van der Waals surface area contributed by atoms with Gasteiger partial charge in [0.25, 0.3) is 0 Å². The van der Waals surface area contributed by atoms with Gasteiger partial charge in [0.1, 0.15) is 0 Å². The van der Waals surface area contributed by atoms with E-state index in [9.17, 15) is 4.79 Å². The zero-order valence-electron chi connectivity index (χ0n) is 9.52. The predicted octanol–water partition coefficient (Wildman–Crippen LogP) is 3.98. The summed E-state index contributed by atoms with van der Waals surface area (Å²) in [5.74, 6) is 0. The van der Waals surface area contributed by atoms with E-state index in [0.29, 0.717) is 21.8 Å². The lowest BCUT2D eigenvalue weighted by molar-refractivity contribution is 0.240. The van der Waals surface area contributed by atoms with Crippen LogP contribution in [0.4, 0.5) is 10.5 Å². The normalized spacial score (nSPS) is 15.2. The van der Waals surface area contributed by atoms with E-state index in [4.69, 9.17) is 23.2 Å². The number of hydrogen-bond donors (Lipinski definition) is 2. The van der Waals surface area contributed by atoms with Gasteiger partial charge in [0.05, 0.1) is 10.7 Å². The van der Waals surface area contributed by atoms with Crippen LogP contribution in [0.15, 0.2) is 12.1 Å². The molecule has 0 heterocycles. The zero-order chi connectivity index (χ0) is 12.4. The summed E-state index contributed by atoms with van der Waals surface area (Å²) in [7, 11) is 0. The molecule has 1 saturated carbocycles. The van der Waals surface area contributed by atoms with Gasteiger partial charge in [-0.05, 0) is 43.9 Å². The molecule has 5 heteroatoms. The van der Waals surface area contributed by atoms with E-state index < -0.39 is 0 Å². The van der Waals surface area contributed by atoms with Crippen molar-refractivity contribution in [3.63, 3.8) is 0 Å². The van der Waals surface area contributed by atoms with Crippen LogP contribution in [0.2, 0.25) is 10.0 Å². The number of halogens is 2. The minimum atomic E-state index is -0.225. The van der Waals surface area contributed by atoms with Crippen molar-refractivity contribution in [2.45, 2.75) is 32.2 Å². The van der Waals surface area contributed by atoms with Crippen molar-refractivity contribution in [3.05, 3.63) is 27.7 Å². The molecule has 2 N–H and O–H groups in total. The minimum absolute atomic E-state index is 0.225. The highest BCUT2D eigenvalue weighted by Crippen LogP contribution is 2.28. The fraction of sp³-hybridized carbons (Fsp3) is 0.417. The van der Waals surface area contributed by atoms with Crippen LogP contribution in [0.5, 0.6) is 0 Å². The average Bonchev–Trinajstić information content (AvgIpc) is 2.20. The fourth-order valence-corrected chi connectivity index (χ4v) is 2.07. The molecule has 1 fully saturated rings. The van der Waals surface area contributed by atoms with Gasteiger partial charge in [-0.25, -0.2) is 4.79 Å². The Morgan fingerprint density at radius 2 is 2.00 bits per heavy atom. The quantitative estimate of drug-likeness (QED) is 0.840. The van der Waals surface area contributed by atoms with Crippen molar-refractivity contribution >= 4 is 34.9 Å². The number of rotatable bonds is 2. The Labute approximate surface area is 110 Å². The van der Waals surface area contributed by atoms with Crippen LogP contribution in [0.1, 0.15) is 24.8 Å². The maximum Gasteiger partial charge on any atom is 0.319 e. The molecule has 1 aliphatic carbocycles. The summed E-state index contributed by atoms with van der Waals surface area (Å²) in [4.78, 5) is 11.6. The maximum absolute atomic E-state index is 11.6. The molecule has 2 rings (SSSR count). The SMILES string of the molecule is Cc1cc(Cl)c(NC(=O)NC2CCC2)cc1Cl. The van der Waals surface area contributed by atoms with Gasteiger partial charge in [0, 0.05) is 11.1 Å². The Hall–Kier alpha value is -0.930. The first-order valence-corrected chi connectivity index (χ1v) is 6.35. The van der Waals surface area contributed by atoms with Gasteiger partial charge >= 0.3 is 6.03 Å². The largest absolute Gasteiger partial charge is 0.335 e. The molecule has 0 radical (unpaired) electrons. The second-order valence-electron chi connectivity index (χ2n) is 4.31. The number of hydrogen-bond acceptors (Lipinski definition) is 1. The molecule has 0 bridgehead atoms. The van der Waals surface area contributed by atoms with E-state index in [1.165, 1.54) is 6.42 Å². The molecule has 2 amide bonds. The van der Waals surface area contributed by atoms with Crippen molar-refractivity contribution in [1.29, 1.82) is 0 Å². The van der Waals surface area contributed by atoms with Gasteiger partial charge in [-0.2, -0.15) is 0 Å². The van der Waals surface area contributed by atoms with E-state index in [1.807, 2.05) is 6.92 Å². The lowest BCUT2D eigenvalue weighted by atomic mass is 9.93. The van der Waals surface area contributed by atoms with Crippen molar-refractivity contribution in [1.82, 2.24) is 5.32 Å². The van der Waals surface area contributed by atoms with Crippen LogP contribution in [0.3, 0.4) is 0 Å². The molecule has 1 aromatic carbocycles. The third-order valence-corrected chi connectivity index (χ3v) is 3.66. The number of nitrogens with one attached hydrogen (secondary N) is 2. The monoisotopic (exact) mass is 272 g/mol. The summed E-state index contributed by atoms with van der Waals surface area (Å²) in [6.07, 6.45) is 3.29. The predicted molar refractivity (Wildman–Crippen MR) is 71.0 cm³/mol. The summed E-state index contributed by atoms with van der Waals surface area (Å²) >= 11 is 12.0. The van der Waals surface area contributed by atoms with Gasteiger partial charge in [-0.15, -0.1) is 0 Å². The van der Waals surface area contributed by atoms with Crippen molar-refractivity contribution in [2.24, 2.45) is 0 Å². The van der Waals surface area contributed by atoms with E-state index in [2.05, 4.69) is 10.6 Å². The number of anilines is 1. The minimum Gasteiger partial charge on any atom is -0.335 e. The Morgan fingerprint density at radius 1 is 1.29 bits per heavy atom. The molecular weight excluding hydrogens is 259 g/mol. The van der Waals surface area contributed by atoms with E-state index in [0.717, 1.165) is 18.4 Å². The van der Waals surface area contributed by atoms with Crippen molar-refractivity contribution in [2.75, 3.05) is 5.32 Å². The molecule has 0 spiro atoms. The summed E-state index contributed by atoms with van der Waals surface area (Å²) < 4.78 is 0. The molecule has 0 aromatic heterocycles. The highest BCUT2D eigenvalue weighted by Gasteiger charge is 2.19. The van der Waals surface area contributed by atoms with Crippen LogP contribution in [0, 0.1) is 6.92 Å². The molecule has 0 saturated heterocycles. The zero-order valence-corrected chi connectivity index (χ0v) is 11.0. The smallest absolute Gasteiger partial charge is 0.319 e. The molecular formula is C12H14Cl2N2O. The van der Waals surface area contributed by atoms with Crippen LogP contribution in [0.25, 0.3) is 0 Å². The summed E-state index contributed by atoms with van der Waals surface area (Å²) in [5.41, 5.74) is 1.43. The van der Waals surface area contributed by atoms with Gasteiger partial charge in [-0.1, -0.05) is 23.2 Å². The standard InChI is InChI=1S/C12H14Cl2N2O/c1-7-5-10(14)11(6-9(7)13)16-12(17)15-8-3-2-4-8/h5-6,8H,2-4H2,1H3,(H2,15,16,17). The number of amides is 2. The molecule has 1 aliphatic rings. The number of carbonyl (C=O) groups excluding carboxylic acids is 1. The lowest BCUT2D eigenvalue weighted by Gasteiger charge is -2.26. The van der Waals surface area contributed by atoms with Gasteiger partial charge in [-0.3, -0.25) is 0 Å². The molecule has 0 unspecified atom stereocenters. The first kappa shape index (κ1) is 12.5. The Kier molecular flexibility index (Phi) is 3.79. The van der Waals surface area contributed by atoms with Crippen LogP contribution >= 0.6 is 23.2 Å². The average molecular weight is 273 g/mol. The second-order valence-corrected chi connectivity index (χ2v) is 5.12. The number of benzene rings is 1. The van der Waals surface area contributed by atoms with Gasteiger partial charge in [0.15, 0.2) is 0 Å². The highest BCUT2D eigenvalue weighted by molar-refractivity contribution is 6.36. The van der Waals surface area contributed by atoms with Crippen LogP contribution in [-0.4, -0.2) is 12.1 Å². The fourth-order valence-electron chi connectivity index (χ4n) is 1.64. The molecule has 3 nitrogen and oxygen atoms in total. The summed E-state index contributed by atoms with van der Waals surface area (Å²) in [6, 6.07) is 3.48. The van der Waals surface area contributed by atoms with E-state index in [1.54, 1.807) is 12.1 Å². The first-order chi connectivity index (χ1) is 8.06. The van der Waals surface area contributed by atoms with Gasteiger partial charge < -0.3 is 10.6 Å². The van der Waals surface area contributed by atoms with Gasteiger partial charge in [0.2, 0.25) is 0 Å². The van der Waals surface area contributed by atoms with E-state index >= 15 is 0 Å². The van der Waals surface area contributed by atoms with E-state index in [-0.39, 0.29) is 6.03 Å². The van der Waals surface area contributed by atoms with Crippen LogP contribution < -0.4 is 10.6 Å². The molecule has 17 heavy (non-hydrogen) atoms. The number of urea groups is 1. The Bertz CT molecular complexity index is 444.